The average molecular weight is 319 g/mol. The van der Waals surface area contributed by atoms with E-state index in [1.807, 2.05) is 4.90 Å². The number of anilines is 1. The minimum atomic E-state index is -0.0298. The van der Waals surface area contributed by atoms with Crippen LogP contribution in [0.5, 0.6) is 0 Å². The highest BCUT2D eigenvalue weighted by atomic mass is 16.5. The van der Waals surface area contributed by atoms with Gasteiger partial charge in [0.2, 0.25) is 0 Å². The van der Waals surface area contributed by atoms with Crippen LogP contribution in [-0.2, 0) is 4.74 Å². The van der Waals surface area contributed by atoms with Crippen molar-refractivity contribution in [2.45, 2.75) is 12.8 Å². The molecule has 0 unspecified atom stereocenters. The quantitative estimate of drug-likeness (QED) is 0.775. The first kappa shape index (κ1) is 16.0. The summed E-state index contributed by atoms with van der Waals surface area (Å²) in [5, 5.41) is 0. The van der Waals surface area contributed by atoms with E-state index in [4.69, 9.17) is 4.74 Å². The van der Waals surface area contributed by atoms with Crippen LogP contribution in [0.2, 0.25) is 0 Å². The largest absolute Gasteiger partial charge is 0.379 e. The molecule has 23 heavy (non-hydrogen) atoms. The predicted molar refractivity (Wildman–Crippen MR) is 87.4 cm³/mol. The number of amides is 2. The Balaban J connectivity index is 1.77. The number of likely N-dealkylation sites (tertiary alicyclic amines) is 1. The van der Waals surface area contributed by atoms with Crippen molar-refractivity contribution in [1.82, 2.24) is 19.8 Å². The molecule has 2 amide bonds. The normalized spacial score (nSPS) is 25.3. The summed E-state index contributed by atoms with van der Waals surface area (Å²) in [6, 6.07) is 0.0828. The van der Waals surface area contributed by atoms with Gasteiger partial charge < -0.3 is 19.4 Å². The highest BCUT2D eigenvalue weighted by Crippen LogP contribution is 2.34. The molecule has 1 atom stereocenters. The first-order valence-corrected chi connectivity index (χ1v) is 8.15. The summed E-state index contributed by atoms with van der Waals surface area (Å²) in [5.41, 5.74) is -0.0298. The summed E-state index contributed by atoms with van der Waals surface area (Å²) in [5.74, 6) is 0.883. The Kier molecular flexibility index (Phi) is 4.66. The van der Waals surface area contributed by atoms with E-state index in [0.29, 0.717) is 13.2 Å². The van der Waals surface area contributed by atoms with E-state index >= 15 is 0 Å². The van der Waals surface area contributed by atoms with Gasteiger partial charge in [0.1, 0.15) is 5.82 Å². The Labute approximate surface area is 137 Å². The molecule has 3 heterocycles. The number of piperidine rings is 1. The molecule has 1 aromatic heterocycles. The van der Waals surface area contributed by atoms with E-state index in [2.05, 4.69) is 14.9 Å². The second-order valence-electron chi connectivity index (χ2n) is 6.74. The van der Waals surface area contributed by atoms with Crippen LogP contribution < -0.4 is 4.90 Å². The van der Waals surface area contributed by atoms with E-state index in [0.717, 1.165) is 44.8 Å². The summed E-state index contributed by atoms with van der Waals surface area (Å²) in [4.78, 5) is 26.8. The fourth-order valence-electron chi connectivity index (χ4n) is 3.54. The zero-order valence-corrected chi connectivity index (χ0v) is 13.9. The molecule has 0 saturated carbocycles. The van der Waals surface area contributed by atoms with Gasteiger partial charge in [-0.3, -0.25) is 4.98 Å². The fourth-order valence-corrected chi connectivity index (χ4v) is 3.54. The molecule has 0 bridgehead atoms. The van der Waals surface area contributed by atoms with Crippen molar-refractivity contribution in [2.75, 3.05) is 58.4 Å². The molecule has 1 spiro atoms. The van der Waals surface area contributed by atoms with Crippen LogP contribution in [0, 0.1) is 5.41 Å². The second kappa shape index (κ2) is 6.70. The molecule has 7 heteroatoms. The Morgan fingerprint density at radius 1 is 1.30 bits per heavy atom. The van der Waals surface area contributed by atoms with Crippen molar-refractivity contribution in [2.24, 2.45) is 5.41 Å². The van der Waals surface area contributed by atoms with Gasteiger partial charge in [-0.2, -0.15) is 0 Å². The van der Waals surface area contributed by atoms with E-state index in [1.165, 1.54) is 0 Å². The van der Waals surface area contributed by atoms with Gasteiger partial charge in [-0.15, -0.1) is 0 Å². The number of nitrogens with zero attached hydrogens (tertiary/aromatic N) is 5. The zero-order chi connectivity index (χ0) is 16.3. The summed E-state index contributed by atoms with van der Waals surface area (Å²) >= 11 is 0. The number of carbonyl (C=O) groups is 1. The molecule has 0 aromatic carbocycles. The number of ether oxygens (including phenoxy) is 1. The number of carbonyl (C=O) groups excluding carboxylic acids is 1. The monoisotopic (exact) mass is 319 g/mol. The molecule has 3 rings (SSSR count). The Bertz CT molecular complexity index is 539. The van der Waals surface area contributed by atoms with Gasteiger partial charge in [0.15, 0.2) is 0 Å². The molecule has 7 nitrogen and oxygen atoms in total. The third kappa shape index (κ3) is 3.55. The molecule has 2 aliphatic heterocycles. The van der Waals surface area contributed by atoms with E-state index in [9.17, 15) is 4.79 Å². The van der Waals surface area contributed by atoms with Gasteiger partial charge in [-0.25, -0.2) is 9.78 Å². The van der Waals surface area contributed by atoms with Crippen molar-refractivity contribution < 1.29 is 9.53 Å². The number of aromatic nitrogens is 2. The summed E-state index contributed by atoms with van der Waals surface area (Å²) in [6.45, 7) is 4.59. The average Bonchev–Trinajstić information content (AvgIpc) is 2.77. The number of urea groups is 1. The van der Waals surface area contributed by atoms with E-state index in [1.54, 1.807) is 37.6 Å². The first-order valence-electron chi connectivity index (χ1n) is 8.15. The van der Waals surface area contributed by atoms with Gasteiger partial charge >= 0.3 is 6.03 Å². The Morgan fingerprint density at radius 3 is 2.91 bits per heavy atom. The lowest BCUT2D eigenvalue weighted by Crippen LogP contribution is -2.54. The van der Waals surface area contributed by atoms with Gasteiger partial charge in [-0.05, 0) is 12.8 Å². The molecule has 0 radical (unpaired) electrons. The zero-order valence-electron chi connectivity index (χ0n) is 13.9. The van der Waals surface area contributed by atoms with Crippen molar-refractivity contribution in [3.63, 3.8) is 0 Å². The predicted octanol–water partition coefficient (Wildman–Crippen LogP) is 1.08. The van der Waals surface area contributed by atoms with Crippen LogP contribution in [0.25, 0.3) is 0 Å². The standard InChI is InChI=1S/C16H25N5O2/c1-19(2)15(22)21-7-3-4-16(12-21)11-20(8-9-23-13-16)14-10-17-5-6-18-14/h5-6,10H,3-4,7-9,11-13H2,1-2H3/t16-/m0/s1. The lowest BCUT2D eigenvalue weighted by Gasteiger charge is -2.44. The lowest BCUT2D eigenvalue weighted by atomic mass is 9.80. The fraction of sp³-hybridized carbons (Fsp3) is 0.688. The summed E-state index contributed by atoms with van der Waals surface area (Å²) in [7, 11) is 3.61. The van der Waals surface area contributed by atoms with Crippen molar-refractivity contribution in [3.8, 4) is 0 Å². The molecular weight excluding hydrogens is 294 g/mol. The molecule has 0 aliphatic carbocycles. The topological polar surface area (TPSA) is 61.8 Å². The molecule has 126 valence electrons. The third-order valence-corrected chi connectivity index (χ3v) is 4.63. The van der Waals surface area contributed by atoms with Gasteiger partial charge in [-0.1, -0.05) is 0 Å². The molecule has 0 N–H and O–H groups in total. The van der Waals surface area contributed by atoms with Crippen LogP contribution in [0.1, 0.15) is 12.8 Å². The smallest absolute Gasteiger partial charge is 0.319 e. The summed E-state index contributed by atoms with van der Waals surface area (Å²) in [6.07, 6.45) is 7.28. The molecule has 2 saturated heterocycles. The Hall–Kier alpha value is -1.89. The number of hydrogen-bond donors (Lipinski definition) is 0. The van der Waals surface area contributed by atoms with Crippen molar-refractivity contribution in [3.05, 3.63) is 18.6 Å². The third-order valence-electron chi connectivity index (χ3n) is 4.63. The van der Waals surface area contributed by atoms with Crippen LogP contribution in [0.15, 0.2) is 18.6 Å². The molecule has 2 fully saturated rings. The minimum absolute atomic E-state index is 0.0298. The second-order valence-corrected chi connectivity index (χ2v) is 6.74. The van der Waals surface area contributed by atoms with E-state index < -0.39 is 0 Å². The van der Waals surface area contributed by atoms with Crippen molar-refractivity contribution >= 4 is 11.8 Å². The first-order chi connectivity index (χ1) is 11.1. The van der Waals surface area contributed by atoms with E-state index in [-0.39, 0.29) is 11.4 Å². The number of rotatable bonds is 1. The maximum absolute atomic E-state index is 12.3. The molecule has 1 aromatic rings. The highest BCUT2D eigenvalue weighted by molar-refractivity contribution is 5.74. The van der Waals surface area contributed by atoms with Crippen LogP contribution >= 0.6 is 0 Å². The highest BCUT2D eigenvalue weighted by Gasteiger charge is 2.40. The Morgan fingerprint density at radius 2 is 2.17 bits per heavy atom. The maximum Gasteiger partial charge on any atom is 0.319 e. The number of hydrogen-bond acceptors (Lipinski definition) is 5. The molecule has 2 aliphatic rings. The lowest BCUT2D eigenvalue weighted by molar-refractivity contribution is 0.0210. The minimum Gasteiger partial charge on any atom is -0.379 e. The molecular formula is C16H25N5O2. The van der Waals surface area contributed by atoms with Crippen LogP contribution in [0.4, 0.5) is 10.6 Å². The summed E-state index contributed by atoms with van der Waals surface area (Å²) < 4.78 is 5.89. The maximum atomic E-state index is 12.3. The van der Waals surface area contributed by atoms with Gasteiger partial charge in [0.25, 0.3) is 0 Å². The van der Waals surface area contributed by atoms with Gasteiger partial charge in [0.05, 0.1) is 19.4 Å². The van der Waals surface area contributed by atoms with Crippen LogP contribution in [0.3, 0.4) is 0 Å². The SMILES string of the molecule is CN(C)C(=O)N1CCC[C@@]2(COCCN(c3cnccn3)C2)C1. The van der Waals surface area contributed by atoms with Crippen molar-refractivity contribution in [1.29, 1.82) is 0 Å². The van der Waals surface area contributed by atoms with Crippen LogP contribution in [-0.4, -0.2) is 79.3 Å². The van der Waals surface area contributed by atoms with Gasteiger partial charge in [0, 0.05) is 58.1 Å².